The highest BCUT2D eigenvalue weighted by Gasteiger charge is 2.27. The lowest BCUT2D eigenvalue weighted by molar-refractivity contribution is -0.188. The van der Waals surface area contributed by atoms with Crippen LogP contribution in [0.3, 0.4) is 0 Å². The van der Waals surface area contributed by atoms with Gasteiger partial charge in [0, 0.05) is 0 Å². The lowest BCUT2D eigenvalue weighted by Crippen LogP contribution is -2.51. The maximum Gasteiger partial charge on any atom is 0.234 e. The van der Waals surface area contributed by atoms with Crippen LogP contribution < -0.4 is 11.1 Å². The van der Waals surface area contributed by atoms with E-state index in [1.165, 1.54) is 11.8 Å². The van der Waals surface area contributed by atoms with Gasteiger partial charge in [0.15, 0.2) is 6.29 Å². The van der Waals surface area contributed by atoms with Gasteiger partial charge in [0.2, 0.25) is 5.91 Å². The number of rotatable bonds is 8. The third-order valence-electron chi connectivity index (χ3n) is 2.19. The molecule has 0 fully saturated rings. The van der Waals surface area contributed by atoms with E-state index in [9.17, 15) is 9.90 Å². The first kappa shape index (κ1) is 18.7. The first-order chi connectivity index (χ1) is 8.69. The van der Waals surface area contributed by atoms with E-state index in [2.05, 4.69) is 5.32 Å². The lowest BCUT2D eigenvalue weighted by Gasteiger charge is -2.30. The number of hydrogen-bond donors (Lipinski definition) is 3. The van der Waals surface area contributed by atoms with Crippen molar-refractivity contribution < 1.29 is 19.4 Å². The molecule has 0 aromatic heterocycles. The van der Waals surface area contributed by atoms with Crippen LogP contribution in [0.5, 0.6) is 0 Å². The highest BCUT2D eigenvalue weighted by Crippen LogP contribution is 2.13. The Morgan fingerprint density at radius 3 is 2.47 bits per heavy atom. The second-order valence-electron chi connectivity index (χ2n) is 5.14. The molecule has 0 aromatic rings. The molecule has 114 valence electrons. The van der Waals surface area contributed by atoms with E-state index in [0.29, 0.717) is 0 Å². The lowest BCUT2D eigenvalue weighted by atomic mass is 10.2. The summed E-state index contributed by atoms with van der Waals surface area (Å²) in [4.78, 5) is 11.3. The predicted octanol–water partition coefficient (Wildman–Crippen LogP) is 0.289. The minimum atomic E-state index is -1.15. The van der Waals surface area contributed by atoms with Gasteiger partial charge < -0.3 is 25.6 Å². The standard InChI is InChI=1S/C12H26N2O4S/c1-8(19-5)17-7-9(14-10(15)6-13)11(16)18-12(2,3)4/h8-9,11,16H,6-7,13H2,1-5H3,(H,14,15). The summed E-state index contributed by atoms with van der Waals surface area (Å²) in [5.41, 5.74) is 4.70. The highest BCUT2D eigenvalue weighted by molar-refractivity contribution is 7.99. The molecule has 0 aliphatic carbocycles. The molecular formula is C12H26N2O4S. The molecule has 3 unspecified atom stereocenters. The Kier molecular flexibility index (Phi) is 8.60. The van der Waals surface area contributed by atoms with E-state index in [4.69, 9.17) is 15.2 Å². The second-order valence-corrected chi connectivity index (χ2v) is 6.27. The van der Waals surface area contributed by atoms with Crippen LogP contribution in [-0.4, -0.2) is 53.8 Å². The fraction of sp³-hybridized carbons (Fsp3) is 0.917. The number of amides is 1. The van der Waals surface area contributed by atoms with Crippen molar-refractivity contribution in [3.63, 3.8) is 0 Å². The Bertz CT molecular complexity index is 271. The van der Waals surface area contributed by atoms with Crippen LogP contribution in [0.2, 0.25) is 0 Å². The number of nitrogens with one attached hydrogen (secondary N) is 1. The molecule has 0 heterocycles. The number of hydrogen-bond acceptors (Lipinski definition) is 6. The Labute approximate surface area is 119 Å². The Morgan fingerprint density at radius 1 is 1.47 bits per heavy atom. The van der Waals surface area contributed by atoms with Crippen LogP contribution in [0.4, 0.5) is 0 Å². The molecule has 3 atom stereocenters. The predicted molar refractivity (Wildman–Crippen MR) is 76.8 cm³/mol. The van der Waals surface area contributed by atoms with E-state index < -0.39 is 17.9 Å². The van der Waals surface area contributed by atoms with Crippen molar-refractivity contribution in [1.82, 2.24) is 5.32 Å². The first-order valence-corrected chi connectivity index (χ1v) is 7.48. The summed E-state index contributed by atoms with van der Waals surface area (Å²) < 4.78 is 10.9. The minimum Gasteiger partial charge on any atom is -0.366 e. The third kappa shape index (κ3) is 9.23. The maximum absolute atomic E-state index is 11.3. The average molecular weight is 294 g/mol. The van der Waals surface area contributed by atoms with Gasteiger partial charge in [-0.3, -0.25) is 4.79 Å². The number of aliphatic hydroxyl groups is 1. The zero-order valence-corrected chi connectivity index (χ0v) is 13.1. The van der Waals surface area contributed by atoms with Crippen molar-refractivity contribution >= 4 is 17.7 Å². The van der Waals surface area contributed by atoms with Crippen molar-refractivity contribution in [2.75, 3.05) is 19.4 Å². The van der Waals surface area contributed by atoms with Crippen molar-refractivity contribution in [2.45, 2.75) is 51.1 Å². The Morgan fingerprint density at radius 2 is 2.05 bits per heavy atom. The summed E-state index contributed by atoms with van der Waals surface area (Å²) in [5, 5.41) is 12.6. The molecule has 0 aliphatic heterocycles. The van der Waals surface area contributed by atoms with Gasteiger partial charge in [0.05, 0.1) is 24.2 Å². The molecule has 19 heavy (non-hydrogen) atoms. The monoisotopic (exact) mass is 294 g/mol. The molecule has 0 aromatic carbocycles. The molecule has 0 spiro atoms. The van der Waals surface area contributed by atoms with Crippen molar-refractivity contribution in [3.8, 4) is 0 Å². The average Bonchev–Trinajstić information content (AvgIpc) is 2.31. The van der Waals surface area contributed by atoms with Gasteiger partial charge in [0.1, 0.15) is 6.04 Å². The second kappa shape index (κ2) is 8.76. The van der Waals surface area contributed by atoms with Gasteiger partial charge in [0.25, 0.3) is 0 Å². The quantitative estimate of drug-likeness (QED) is 0.557. The van der Waals surface area contributed by atoms with Gasteiger partial charge in [-0.25, -0.2) is 0 Å². The van der Waals surface area contributed by atoms with Gasteiger partial charge in [-0.2, -0.15) is 0 Å². The zero-order chi connectivity index (χ0) is 15.1. The third-order valence-corrected chi connectivity index (χ3v) is 2.99. The number of ether oxygens (including phenoxy) is 2. The van der Waals surface area contributed by atoms with Crippen LogP contribution in [0, 0.1) is 0 Å². The molecule has 0 aliphatic rings. The topological polar surface area (TPSA) is 93.8 Å². The largest absolute Gasteiger partial charge is 0.366 e. The van der Waals surface area contributed by atoms with Crippen LogP contribution in [0.1, 0.15) is 27.7 Å². The molecule has 0 saturated heterocycles. The molecule has 0 radical (unpaired) electrons. The van der Waals surface area contributed by atoms with Crippen molar-refractivity contribution in [2.24, 2.45) is 5.73 Å². The van der Waals surface area contributed by atoms with Crippen LogP contribution in [-0.2, 0) is 14.3 Å². The molecule has 0 rings (SSSR count). The maximum atomic E-state index is 11.3. The fourth-order valence-electron chi connectivity index (χ4n) is 1.21. The van der Waals surface area contributed by atoms with Gasteiger partial charge in [-0.05, 0) is 34.0 Å². The fourth-order valence-corrected chi connectivity index (χ4v) is 1.43. The number of carbonyl (C=O) groups is 1. The summed E-state index contributed by atoms with van der Waals surface area (Å²) >= 11 is 1.53. The number of aliphatic hydroxyl groups excluding tert-OH is 1. The van der Waals surface area contributed by atoms with Crippen LogP contribution in [0.15, 0.2) is 0 Å². The summed E-state index contributed by atoms with van der Waals surface area (Å²) in [6.07, 6.45) is 0.768. The first-order valence-electron chi connectivity index (χ1n) is 6.19. The van der Waals surface area contributed by atoms with E-state index in [0.717, 1.165) is 0 Å². The van der Waals surface area contributed by atoms with Gasteiger partial charge in [-0.15, -0.1) is 11.8 Å². The molecule has 0 bridgehead atoms. The molecule has 0 saturated carbocycles. The zero-order valence-electron chi connectivity index (χ0n) is 12.3. The van der Waals surface area contributed by atoms with E-state index in [-0.39, 0.29) is 24.5 Å². The number of carbonyl (C=O) groups excluding carboxylic acids is 1. The summed E-state index contributed by atoms with van der Waals surface area (Å²) in [7, 11) is 0. The van der Waals surface area contributed by atoms with Crippen molar-refractivity contribution in [3.05, 3.63) is 0 Å². The smallest absolute Gasteiger partial charge is 0.234 e. The molecule has 4 N–H and O–H groups in total. The number of nitrogens with two attached hydrogens (primary N) is 1. The summed E-state index contributed by atoms with van der Waals surface area (Å²) in [5.74, 6) is -0.359. The summed E-state index contributed by atoms with van der Waals surface area (Å²) in [6, 6.07) is -0.648. The highest BCUT2D eigenvalue weighted by atomic mass is 32.2. The SMILES string of the molecule is CSC(C)OCC(NC(=O)CN)C(O)OC(C)(C)C. The minimum absolute atomic E-state index is 0.0286. The van der Waals surface area contributed by atoms with E-state index >= 15 is 0 Å². The molecular weight excluding hydrogens is 268 g/mol. The summed E-state index contributed by atoms with van der Waals surface area (Å²) in [6.45, 7) is 7.38. The molecule has 7 heteroatoms. The van der Waals surface area contributed by atoms with Gasteiger partial charge >= 0.3 is 0 Å². The Hall–Kier alpha value is -0.340. The van der Waals surface area contributed by atoms with Gasteiger partial charge in [-0.1, -0.05) is 0 Å². The Balaban J connectivity index is 4.51. The van der Waals surface area contributed by atoms with E-state index in [1.54, 1.807) is 0 Å². The van der Waals surface area contributed by atoms with Crippen LogP contribution >= 0.6 is 11.8 Å². The number of thioether (sulfide) groups is 1. The van der Waals surface area contributed by atoms with Crippen LogP contribution in [0.25, 0.3) is 0 Å². The van der Waals surface area contributed by atoms with Crippen molar-refractivity contribution in [1.29, 1.82) is 0 Å². The molecule has 1 amide bonds. The molecule has 6 nitrogen and oxygen atoms in total. The van der Waals surface area contributed by atoms with E-state index in [1.807, 2.05) is 34.0 Å². The normalized spacial score (nSPS) is 16.8.